The maximum Gasteiger partial charge on any atom is 0.0963 e. The van der Waals surface area contributed by atoms with Crippen LogP contribution >= 0.6 is 11.8 Å². The Bertz CT molecular complexity index is 221. The van der Waals surface area contributed by atoms with Crippen molar-refractivity contribution in [2.45, 2.75) is 43.3 Å². The number of hydrogen-bond acceptors (Lipinski definition) is 3. The molecular formula is C11H20N2S. The van der Waals surface area contributed by atoms with Crippen molar-refractivity contribution in [2.24, 2.45) is 4.99 Å². The first kappa shape index (κ1) is 10.3. The first-order valence-corrected chi connectivity index (χ1v) is 6.89. The standard InChI is InChI=1S/C11H20N2S/c1-14-11(6-7-11)9-13-10-5-3-2-4-8-12-10/h2-9H2,1H3,(H,12,13). The lowest BCUT2D eigenvalue weighted by molar-refractivity contribution is 0.726. The first-order valence-electron chi connectivity index (χ1n) is 5.67. The molecule has 0 unspecified atom stereocenters. The van der Waals surface area contributed by atoms with Gasteiger partial charge in [-0.25, -0.2) is 0 Å². The minimum absolute atomic E-state index is 0.564. The van der Waals surface area contributed by atoms with Crippen molar-refractivity contribution in [3.8, 4) is 0 Å². The zero-order valence-electron chi connectivity index (χ0n) is 9.01. The van der Waals surface area contributed by atoms with Crippen LogP contribution in [0.25, 0.3) is 0 Å². The number of hydrogen-bond donors (Lipinski definition) is 1. The van der Waals surface area contributed by atoms with Gasteiger partial charge in [-0.3, -0.25) is 4.99 Å². The molecule has 0 aromatic heterocycles. The predicted molar refractivity (Wildman–Crippen MR) is 64.3 cm³/mol. The molecule has 0 amide bonds. The van der Waals surface area contributed by atoms with Crippen LogP contribution in [0.4, 0.5) is 0 Å². The topological polar surface area (TPSA) is 24.4 Å². The maximum atomic E-state index is 4.58. The van der Waals surface area contributed by atoms with Crippen LogP contribution in [0.15, 0.2) is 4.99 Å². The predicted octanol–water partition coefficient (Wildman–Crippen LogP) is 2.44. The Morgan fingerprint density at radius 2 is 2.21 bits per heavy atom. The number of rotatable bonds is 3. The lowest BCUT2D eigenvalue weighted by Gasteiger charge is -2.14. The fraction of sp³-hybridized carbons (Fsp3) is 0.909. The second-order valence-electron chi connectivity index (χ2n) is 4.38. The van der Waals surface area contributed by atoms with Crippen LogP contribution in [0.1, 0.15) is 38.5 Å². The summed E-state index contributed by atoms with van der Waals surface area (Å²) in [5.74, 6) is 1.27. The van der Waals surface area contributed by atoms with E-state index in [0.29, 0.717) is 4.75 Å². The van der Waals surface area contributed by atoms with Gasteiger partial charge in [0.1, 0.15) is 0 Å². The fourth-order valence-electron chi connectivity index (χ4n) is 1.87. The molecule has 1 aliphatic carbocycles. The highest BCUT2D eigenvalue weighted by atomic mass is 32.2. The molecule has 0 saturated heterocycles. The third-order valence-electron chi connectivity index (χ3n) is 3.23. The zero-order chi connectivity index (χ0) is 9.86. The van der Waals surface area contributed by atoms with E-state index in [2.05, 4.69) is 16.6 Å². The van der Waals surface area contributed by atoms with Gasteiger partial charge in [0.05, 0.1) is 5.84 Å². The van der Waals surface area contributed by atoms with Crippen molar-refractivity contribution >= 4 is 17.6 Å². The average molecular weight is 212 g/mol. The van der Waals surface area contributed by atoms with Gasteiger partial charge >= 0.3 is 0 Å². The summed E-state index contributed by atoms with van der Waals surface area (Å²) < 4.78 is 0.564. The molecule has 0 aromatic carbocycles. The molecule has 80 valence electrons. The van der Waals surface area contributed by atoms with Crippen LogP contribution in [0.5, 0.6) is 0 Å². The molecule has 14 heavy (non-hydrogen) atoms. The molecule has 0 radical (unpaired) electrons. The van der Waals surface area contributed by atoms with Gasteiger partial charge in [0, 0.05) is 24.3 Å². The van der Waals surface area contributed by atoms with Gasteiger partial charge in [-0.2, -0.15) is 11.8 Å². The molecule has 2 aliphatic rings. The summed E-state index contributed by atoms with van der Waals surface area (Å²) in [7, 11) is 0. The molecule has 3 heteroatoms. The maximum absolute atomic E-state index is 4.58. The number of amidine groups is 1. The molecule has 0 bridgehead atoms. The van der Waals surface area contributed by atoms with E-state index in [1.165, 1.54) is 44.4 Å². The van der Waals surface area contributed by atoms with Gasteiger partial charge in [-0.05, 0) is 31.9 Å². The van der Waals surface area contributed by atoms with E-state index in [1.807, 2.05) is 11.8 Å². The van der Waals surface area contributed by atoms with Crippen molar-refractivity contribution in [1.29, 1.82) is 0 Å². The Labute approximate surface area is 90.9 Å². The molecule has 1 saturated carbocycles. The highest BCUT2D eigenvalue weighted by Gasteiger charge is 2.41. The second kappa shape index (κ2) is 4.56. The molecular weight excluding hydrogens is 192 g/mol. The summed E-state index contributed by atoms with van der Waals surface area (Å²) in [6.07, 6.45) is 10.1. The molecule has 0 aromatic rings. The minimum atomic E-state index is 0.564. The summed E-state index contributed by atoms with van der Waals surface area (Å²) in [5, 5.41) is 3.54. The number of nitrogens with one attached hydrogen (secondary N) is 1. The molecule has 1 N–H and O–H groups in total. The van der Waals surface area contributed by atoms with Crippen molar-refractivity contribution < 1.29 is 0 Å². The van der Waals surface area contributed by atoms with Crippen LogP contribution in [-0.4, -0.2) is 29.9 Å². The Hall–Kier alpha value is -0.180. The fourth-order valence-corrected chi connectivity index (χ4v) is 2.60. The lowest BCUT2D eigenvalue weighted by Crippen LogP contribution is -2.31. The van der Waals surface area contributed by atoms with Crippen LogP contribution in [0, 0.1) is 0 Å². The first-order chi connectivity index (χ1) is 6.85. The summed E-state index contributed by atoms with van der Waals surface area (Å²) in [5.41, 5.74) is 0. The molecule has 0 spiro atoms. The van der Waals surface area contributed by atoms with Gasteiger partial charge < -0.3 is 5.32 Å². The van der Waals surface area contributed by atoms with Crippen LogP contribution < -0.4 is 5.32 Å². The summed E-state index contributed by atoms with van der Waals surface area (Å²) in [6.45, 7) is 2.17. The van der Waals surface area contributed by atoms with E-state index in [9.17, 15) is 0 Å². The highest BCUT2D eigenvalue weighted by Crippen LogP contribution is 2.46. The quantitative estimate of drug-likeness (QED) is 0.777. The van der Waals surface area contributed by atoms with E-state index >= 15 is 0 Å². The largest absolute Gasteiger partial charge is 0.372 e. The van der Waals surface area contributed by atoms with E-state index in [4.69, 9.17) is 0 Å². The monoisotopic (exact) mass is 212 g/mol. The Morgan fingerprint density at radius 3 is 2.93 bits per heavy atom. The molecule has 2 nitrogen and oxygen atoms in total. The number of thioether (sulfide) groups is 1. The molecule has 1 fully saturated rings. The summed E-state index contributed by atoms with van der Waals surface area (Å²) in [6, 6.07) is 0. The van der Waals surface area contributed by atoms with Crippen LogP contribution in [-0.2, 0) is 0 Å². The minimum Gasteiger partial charge on any atom is -0.372 e. The van der Waals surface area contributed by atoms with Gasteiger partial charge in [-0.1, -0.05) is 6.42 Å². The van der Waals surface area contributed by atoms with E-state index in [1.54, 1.807) is 0 Å². The van der Waals surface area contributed by atoms with Gasteiger partial charge in [0.15, 0.2) is 0 Å². The van der Waals surface area contributed by atoms with E-state index in [-0.39, 0.29) is 0 Å². The SMILES string of the molecule is CSC1(CNC2=NCCCCC2)CC1. The van der Waals surface area contributed by atoms with Crippen molar-refractivity contribution in [3.05, 3.63) is 0 Å². The van der Waals surface area contributed by atoms with Gasteiger partial charge in [-0.15, -0.1) is 0 Å². The third-order valence-corrected chi connectivity index (χ3v) is 4.65. The van der Waals surface area contributed by atoms with Crippen molar-refractivity contribution in [1.82, 2.24) is 5.32 Å². The number of aliphatic imine (C=N–C) groups is 1. The molecule has 1 heterocycles. The zero-order valence-corrected chi connectivity index (χ0v) is 9.83. The van der Waals surface area contributed by atoms with Crippen molar-refractivity contribution in [2.75, 3.05) is 19.3 Å². The summed E-state index contributed by atoms with van der Waals surface area (Å²) >= 11 is 2.01. The Balaban J connectivity index is 1.76. The molecule has 2 rings (SSSR count). The molecule has 1 aliphatic heterocycles. The number of nitrogens with zero attached hydrogens (tertiary/aromatic N) is 1. The van der Waals surface area contributed by atoms with Crippen molar-refractivity contribution in [3.63, 3.8) is 0 Å². The van der Waals surface area contributed by atoms with E-state index < -0.39 is 0 Å². The average Bonchev–Trinajstić information content (AvgIpc) is 3.01. The Morgan fingerprint density at radius 1 is 1.36 bits per heavy atom. The lowest BCUT2D eigenvalue weighted by atomic mass is 10.2. The normalized spacial score (nSPS) is 25.1. The van der Waals surface area contributed by atoms with E-state index in [0.717, 1.165) is 13.1 Å². The van der Waals surface area contributed by atoms with Gasteiger partial charge in [0.2, 0.25) is 0 Å². The summed E-state index contributed by atoms with van der Waals surface area (Å²) in [4.78, 5) is 4.58. The van der Waals surface area contributed by atoms with Crippen LogP contribution in [0.2, 0.25) is 0 Å². The molecule has 0 atom stereocenters. The van der Waals surface area contributed by atoms with Gasteiger partial charge in [0.25, 0.3) is 0 Å². The van der Waals surface area contributed by atoms with Crippen LogP contribution in [0.3, 0.4) is 0 Å². The smallest absolute Gasteiger partial charge is 0.0963 e. The highest BCUT2D eigenvalue weighted by molar-refractivity contribution is 8.00. The Kier molecular flexibility index (Phi) is 3.37. The second-order valence-corrected chi connectivity index (χ2v) is 5.65. The third kappa shape index (κ3) is 2.66.